The average Bonchev–Trinajstić information content (AvgIpc) is 2.40. The normalized spacial score (nSPS) is 18.9. The van der Waals surface area contributed by atoms with E-state index in [0.717, 1.165) is 38.4 Å². The van der Waals surface area contributed by atoms with E-state index in [1.54, 1.807) is 0 Å². The summed E-state index contributed by atoms with van der Waals surface area (Å²) in [6.07, 6.45) is 2.01. The second-order valence-corrected chi connectivity index (χ2v) is 5.01. The third-order valence-electron chi connectivity index (χ3n) is 3.59. The van der Waals surface area contributed by atoms with Crippen molar-refractivity contribution in [2.45, 2.75) is 19.9 Å². The molecule has 0 bridgehead atoms. The van der Waals surface area contributed by atoms with Crippen LogP contribution in [-0.4, -0.2) is 49.7 Å². The highest BCUT2D eigenvalue weighted by molar-refractivity contribution is 5.45. The minimum atomic E-state index is 0.330. The van der Waals surface area contributed by atoms with Crippen LogP contribution in [0.2, 0.25) is 0 Å². The van der Waals surface area contributed by atoms with Gasteiger partial charge in [-0.1, -0.05) is 6.92 Å². The second-order valence-electron chi connectivity index (χ2n) is 5.01. The fourth-order valence-corrected chi connectivity index (χ4v) is 2.32. The van der Waals surface area contributed by atoms with E-state index in [-0.39, 0.29) is 0 Å². The Morgan fingerprint density at radius 2 is 2.00 bits per heavy atom. The SMILES string of the molecule is CCNC(C)c1ccc(N2CCN(C)CC2)cn1. The molecule has 1 aromatic rings. The molecule has 1 aliphatic rings. The van der Waals surface area contributed by atoms with E-state index >= 15 is 0 Å². The third-order valence-corrected chi connectivity index (χ3v) is 3.59. The van der Waals surface area contributed by atoms with Crippen LogP contribution in [0.1, 0.15) is 25.6 Å². The fourth-order valence-electron chi connectivity index (χ4n) is 2.32. The summed E-state index contributed by atoms with van der Waals surface area (Å²) in [6.45, 7) is 9.71. The van der Waals surface area contributed by atoms with Gasteiger partial charge in [0.1, 0.15) is 0 Å². The van der Waals surface area contributed by atoms with Crippen molar-refractivity contribution in [1.82, 2.24) is 15.2 Å². The van der Waals surface area contributed by atoms with E-state index < -0.39 is 0 Å². The van der Waals surface area contributed by atoms with E-state index in [1.165, 1.54) is 5.69 Å². The monoisotopic (exact) mass is 248 g/mol. The van der Waals surface area contributed by atoms with Crippen LogP contribution in [0.4, 0.5) is 5.69 Å². The van der Waals surface area contributed by atoms with Crippen LogP contribution in [0.3, 0.4) is 0 Å². The molecule has 4 heteroatoms. The number of hydrogen-bond acceptors (Lipinski definition) is 4. The van der Waals surface area contributed by atoms with Crippen molar-refractivity contribution in [2.75, 3.05) is 44.7 Å². The first-order valence-electron chi connectivity index (χ1n) is 6.83. The van der Waals surface area contributed by atoms with E-state index in [4.69, 9.17) is 0 Å². The molecule has 1 saturated heterocycles. The molecule has 2 rings (SSSR count). The lowest BCUT2D eigenvalue weighted by molar-refractivity contribution is 0.313. The van der Waals surface area contributed by atoms with Crippen molar-refractivity contribution in [3.63, 3.8) is 0 Å². The summed E-state index contributed by atoms with van der Waals surface area (Å²) in [7, 11) is 2.18. The van der Waals surface area contributed by atoms with Crippen molar-refractivity contribution in [3.05, 3.63) is 24.0 Å². The average molecular weight is 248 g/mol. The summed E-state index contributed by atoms with van der Waals surface area (Å²) in [5.41, 5.74) is 2.37. The predicted octanol–water partition coefficient (Wildman–Crippen LogP) is 1.50. The molecule has 18 heavy (non-hydrogen) atoms. The van der Waals surface area contributed by atoms with E-state index in [0.29, 0.717) is 6.04 Å². The summed E-state index contributed by atoms with van der Waals surface area (Å²) in [5, 5.41) is 3.38. The second kappa shape index (κ2) is 6.16. The minimum absolute atomic E-state index is 0.330. The number of anilines is 1. The minimum Gasteiger partial charge on any atom is -0.368 e. The van der Waals surface area contributed by atoms with E-state index in [1.807, 2.05) is 6.20 Å². The van der Waals surface area contributed by atoms with Gasteiger partial charge in [-0.15, -0.1) is 0 Å². The van der Waals surface area contributed by atoms with Crippen LogP contribution in [-0.2, 0) is 0 Å². The van der Waals surface area contributed by atoms with Crippen LogP contribution >= 0.6 is 0 Å². The summed E-state index contributed by atoms with van der Waals surface area (Å²) in [6, 6.07) is 4.67. The Bertz CT molecular complexity index is 355. The molecule has 1 aromatic heterocycles. The molecule has 100 valence electrons. The Labute approximate surface area is 110 Å². The molecule has 1 aliphatic heterocycles. The summed E-state index contributed by atoms with van der Waals surface area (Å²) in [5.74, 6) is 0. The molecule has 2 heterocycles. The molecular formula is C14H24N4. The number of nitrogens with zero attached hydrogens (tertiary/aromatic N) is 3. The van der Waals surface area contributed by atoms with Gasteiger partial charge in [-0.2, -0.15) is 0 Å². The molecule has 0 radical (unpaired) electrons. The predicted molar refractivity (Wildman–Crippen MR) is 76.0 cm³/mol. The molecule has 4 nitrogen and oxygen atoms in total. The standard InChI is InChI=1S/C14H24N4/c1-4-15-12(2)14-6-5-13(11-16-14)18-9-7-17(3)8-10-18/h5-6,11-12,15H,4,7-10H2,1-3H3. The first kappa shape index (κ1) is 13.3. The lowest BCUT2D eigenvalue weighted by Crippen LogP contribution is -2.44. The number of nitrogens with one attached hydrogen (secondary N) is 1. The van der Waals surface area contributed by atoms with Crippen LogP contribution in [0.25, 0.3) is 0 Å². The maximum absolute atomic E-state index is 4.57. The quantitative estimate of drug-likeness (QED) is 0.875. The van der Waals surface area contributed by atoms with E-state index in [2.05, 4.69) is 53.1 Å². The number of pyridine rings is 1. The number of rotatable bonds is 4. The zero-order valence-electron chi connectivity index (χ0n) is 11.7. The van der Waals surface area contributed by atoms with Crippen molar-refractivity contribution in [2.24, 2.45) is 0 Å². The maximum Gasteiger partial charge on any atom is 0.0572 e. The number of piperazine rings is 1. The van der Waals surface area contributed by atoms with Crippen molar-refractivity contribution in [1.29, 1.82) is 0 Å². The Hall–Kier alpha value is -1.13. The van der Waals surface area contributed by atoms with Gasteiger partial charge in [0.05, 0.1) is 17.6 Å². The lowest BCUT2D eigenvalue weighted by Gasteiger charge is -2.33. The van der Waals surface area contributed by atoms with Gasteiger partial charge >= 0.3 is 0 Å². The van der Waals surface area contributed by atoms with E-state index in [9.17, 15) is 0 Å². The Kier molecular flexibility index (Phi) is 4.55. The first-order valence-corrected chi connectivity index (χ1v) is 6.83. The van der Waals surface area contributed by atoms with Crippen LogP contribution in [0, 0.1) is 0 Å². The first-order chi connectivity index (χ1) is 8.70. The highest BCUT2D eigenvalue weighted by Crippen LogP contribution is 2.17. The molecule has 0 aliphatic carbocycles. The van der Waals surface area contributed by atoms with Crippen molar-refractivity contribution in [3.8, 4) is 0 Å². The smallest absolute Gasteiger partial charge is 0.0572 e. The Morgan fingerprint density at radius 3 is 2.56 bits per heavy atom. The zero-order valence-corrected chi connectivity index (χ0v) is 11.7. The summed E-state index contributed by atoms with van der Waals surface area (Å²) < 4.78 is 0. The van der Waals surface area contributed by atoms with Gasteiger partial charge in [-0.3, -0.25) is 4.98 Å². The zero-order chi connectivity index (χ0) is 13.0. The van der Waals surface area contributed by atoms with Crippen LogP contribution < -0.4 is 10.2 Å². The van der Waals surface area contributed by atoms with Gasteiger partial charge in [0.25, 0.3) is 0 Å². The fraction of sp³-hybridized carbons (Fsp3) is 0.643. The molecule has 1 atom stereocenters. The lowest BCUT2D eigenvalue weighted by atomic mass is 10.2. The third kappa shape index (κ3) is 3.21. The van der Waals surface area contributed by atoms with Gasteiger partial charge in [0.15, 0.2) is 0 Å². The maximum atomic E-state index is 4.57. The highest BCUT2D eigenvalue weighted by Gasteiger charge is 2.14. The van der Waals surface area contributed by atoms with Crippen LogP contribution in [0.15, 0.2) is 18.3 Å². The Balaban J connectivity index is 1.99. The number of aromatic nitrogens is 1. The largest absolute Gasteiger partial charge is 0.368 e. The number of hydrogen-bond donors (Lipinski definition) is 1. The van der Waals surface area contributed by atoms with Crippen LogP contribution in [0.5, 0.6) is 0 Å². The molecule has 0 amide bonds. The molecule has 0 saturated carbocycles. The summed E-state index contributed by atoms with van der Waals surface area (Å²) >= 11 is 0. The molecule has 1 N–H and O–H groups in total. The molecule has 1 fully saturated rings. The van der Waals surface area contributed by atoms with Gasteiger partial charge in [-0.05, 0) is 32.6 Å². The summed E-state index contributed by atoms with van der Waals surface area (Å²) in [4.78, 5) is 9.35. The van der Waals surface area contributed by atoms with Gasteiger partial charge in [0.2, 0.25) is 0 Å². The van der Waals surface area contributed by atoms with Crippen molar-refractivity contribution >= 4 is 5.69 Å². The molecular weight excluding hydrogens is 224 g/mol. The van der Waals surface area contributed by atoms with Gasteiger partial charge < -0.3 is 15.1 Å². The highest BCUT2D eigenvalue weighted by atomic mass is 15.2. The van der Waals surface area contributed by atoms with Crippen molar-refractivity contribution < 1.29 is 0 Å². The molecule has 0 aromatic carbocycles. The van der Waals surface area contributed by atoms with Gasteiger partial charge in [0, 0.05) is 32.2 Å². The Morgan fingerprint density at radius 1 is 1.28 bits per heavy atom. The molecule has 0 spiro atoms. The number of likely N-dealkylation sites (N-methyl/N-ethyl adjacent to an activating group) is 1. The molecule has 1 unspecified atom stereocenters. The van der Waals surface area contributed by atoms with Gasteiger partial charge in [-0.25, -0.2) is 0 Å². The topological polar surface area (TPSA) is 31.4 Å².